The van der Waals surface area contributed by atoms with Gasteiger partial charge in [-0.15, -0.1) is 0 Å². The minimum absolute atomic E-state index is 0.148. The summed E-state index contributed by atoms with van der Waals surface area (Å²) in [5.74, 6) is 1.51. The summed E-state index contributed by atoms with van der Waals surface area (Å²) in [5.41, 5.74) is 1.27. The molecule has 0 radical (unpaired) electrons. The number of anilines is 1. The number of benzene rings is 1. The molecule has 1 aliphatic carbocycles. The topological polar surface area (TPSA) is 48.9 Å². The first kappa shape index (κ1) is 18.9. The van der Waals surface area contributed by atoms with Crippen molar-refractivity contribution in [2.45, 2.75) is 51.3 Å². The van der Waals surface area contributed by atoms with Crippen LogP contribution in [0, 0.1) is 11.3 Å². The lowest BCUT2D eigenvalue weighted by Gasteiger charge is -2.55. The van der Waals surface area contributed by atoms with E-state index in [-0.39, 0.29) is 5.41 Å². The third-order valence-corrected chi connectivity index (χ3v) is 6.89. The highest BCUT2D eigenvalue weighted by atomic mass is 35.5. The minimum atomic E-state index is 0.148. The fraction of sp³-hybridized carbons (Fsp3) is 0.667. The molecule has 3 aliphatic rings. The number of nitrogens with one attached hydrogen (secondary N) is 2. The molecule has 2 saturated heterocycles. The molecule has 0 aromatic heterocycles. The van der Waals surface area contributed by atoms with E-state index >= 15 is 0 Å². The van der Waals surface area contributed by atoms with E-state index in [2.05, 4.69) is 46.5 Å². The predicted molar refractivity (Wildman–Crippen MR) is 112 cm³/mol. The lowest BCUT2D eigenvalue weighted by Crippen LogP contribution is -2.68. The molecular formula is C21H31ClN4O. The zero-order chi connectivity index (χ0) is 19.0. The van der Waals surface area contributed by atoms with Crippen LogP contribution in [0.2, 0.25) is 5.02 Å². The Balaban J connectivity index is 1.38. The molecule has 27 heavy (non-hydrogen) atoms. The second kappa shape index (κ2) is 7.51. The molecule has 4 unspecified atom stereocenters. The molecule has 4 atom stereocenters. The summed E-state index contributed by atoms with van der Waals surface area (Å²) < 4.78 is 5.92. The normalized spacial score (nSPS) is 32.6. The van der Waals surface area contributed by atoms with Gasteiger partial charge >= 0.3 is 0 Å². The average Bonchev–Trinajstić information content (AvgIpc) is 3.13. The number of para-hydroxylation sites is 1. The van der Waals surface area contributed by atoms with Gasteiger partial charge in [0.1, 0.15) is 0 Å². The van der Waals surface area contributed by atoms with Crippen LogP contribution < -0.4 is 15.5 Å². The Labute approximate surface area is 167 Å². The highest BCUT2D eigenvalue weighted by Crippen LogP contribution is 2.52. The highest BCUT2D eigenvalue weighted by molar-refractivity contribution is 6.33. The van der Waals surface area contributed by atoms with Crippen LogP contribution in [0.5, 0.6) is 0 Å². The van der Waals surface area contributed by atoms with Gasteiger partial charge in [0.15, 0.2) is 5.96 Å². The molecule has 0 bridgehead atoms. The Bertz CT molecular complexity index is 707. The molecule has 148 valence electrons. The van der Waals surface area contributed by atoms with Gasteiger partial charge in [0.2, 0.25) is 0 Å². The molecule has 2 aliphatic heterocycles. The Morgan fingerprint density at radius 2 is 2.07 bits per heavy atom. The Morgan fingerprint density at radius 1 is 1.26 bits per heavy atom. The Kier molecular flexibility index (Phi) is 5.26. The first-order valence-corrected chi connectivity index (χ1v) is 10.5. The van der Waals surface area contributed by atoms with Gasteiger partial charge in [-0.3, -0.25) is 4.99 Å². The molecule has 0 amide bonds. The lowest BCUT2D eigenvalue weighted by molar-refractivity contribution is -0.106. The van der Waals surface area contributed by atoms with Crippen molar-refractivity contribution >= 4 is 23.2 Å². The molecule has 1 aromatic carbocycles. The molecule has 6 heteroatoms. The number of nitrogens with zero attached hydrogens (tertiary/aromatic N) is 2. The van der Waals surface area contributed by atoms with Gasteiger partial charge in [0, 0.05) is 50.2 Å². The number of ether oxygens (including phenoxy) is 1. The van der Waals surface area contributed by atoms with E-state index in [0.717, 1.165) is 55.6 Å². The van der Waals surface area contributed by atoms with Gasteiger partial charge in [0.05, 0.1) is 16.8 Å². The number of piperidine rings is 1. The summed E-state index contributed by atoms with van der Waals surface area (Å²) >= 11 is 6.41. The Hall–Kier alpha value is -1.46. The number of hydrogen-bond acceptors (Lipinski definition) is 3. The summed E-state index contributed by atoms with van der Waals surface area (Å²) in [5, 5.41) is 8.17. The Morgan fingerprint density at radius 3 is 2.85 bits per heavy atom. The third kappa shape index (κ3) is 3.52. The van der Waals surface area contributed by atoms with Crippen LogP contribution in [0.25, 0.3) is 0 Å². The van der Waals surface area contributed by atoms with Crippen molar-refractivity contribution < 1.29 is 4.74 Å². The van der Waals surface area contributed by atoms with Crippen molar-refractivity contribution in [1.29, 1.82) is 0 Å². The molecule has 3 fully saturated rings. The van der Waals surface area contributed by atoms with Crippen LogP contribution in [0.1, 0.15) is 33.1 Å². The maximum Gasteiger partial charge on any atom is 0.191 e. The summed E-state index contributed by atoms with van der Waals surface area (Å²) in [6.07, 6.45) is 3.82. The minimum Gasteiger partial charge on any atom is -0.377 e. The third-order valence-electron chi connectivity index (χ3n) is 6.57. The van der Waals surface area contributed by atoms with Crippen LogP contribution in [0.4, 0.5) is 5.69 Å². The quantitative estimate of drug-likeness (QED) is 0.614. The van der Waals surface area contributed by atoms with E-state index < -0.39 is 0 Å². The van der Waals surface area contributed by atoms with Crippen molar-refractivity contribution in [1.82, 2.24) is 10.6 Å². The van der Waals surface area contributed by atoms with Crippen molar-refractivity contribution in [3.8, 4) is 0 Å². The van der Waals surface area contributed by atoms with Crippen molar-refractivity contribution in [3.63, 3.8) is 0 Å². The van der Waals surface area contributed by atoms with Gasteiger partial charge in [-0.2, -0.15) is 0 Å². The fourth-order valence-corrected chi connectivity index (χ4v) is 5.41. The summed E-state index contributed by atoms with van der Waals surface area (Å²) in [6.45, 7) is 7.46. The molecule has 1 saturated carbocycles. The largest absolute Gasteiger partial charge is 0.377 e. The van der Waals surface area contributed by atoms with Crippen LogP contribution in [-0.2, 0) is 4.74 Å². The number of fused-ring (bicyclic) bond motifs is 1. The highest BCUT2D eigenvalue weighted by Gasteiger charge is 2.59. The molecule has 2 N–H and O–H groups in total. The van der Waals surface area contributed by atoms with Crippen LogP contribution in [0.3, 0.4) is 0 Å². The SMILES string of the molecule is CN=C(NC1CCCN(c2ccccc2Cl)C1)NC1C2CCOC2C1(C)C. The summed E-state index contributed by atoms with van der Waals surface area (Å²) in [4.78, 5) is 6.89. The van der Waals surface area contributed by atoms with Crippen molar-refractivity contribution in [2.75, 3.05) is 31.6 Å². The fourth-order valence-electron chi connectivity index (χ4n) is 5.15. The second-order valence-electron chi connectivity index (χ2n) is 8.64. The number of halogens is 1. The zero-order valence-electron chi connectivity index (χ0n) is 16.5. The van der Waals surface area contributed by atoms with E-state index in [0.29, 0.717) is 24.1 Å². The van der Waals surface area contributed by atoms with Gasteiger partial charge < -0.3 is 20.3 Å². The van der Waals surface area contributed by atoms with Crippen LogP contribution in [0.15, 0.2) is 29.3 Å². The van der Waals surface area contributed by atoms with Crippen molar-refractivity contribution in [3.05, 3.63) is 29.3 Å². The average molecular weight is 391 g/mol. The number of rotatable bonds is 3. The molecule has 5 nitrogen and oxygen atoms in total. The maximum absolute atomic E-state index is 6.41. The molecule has 4 rings (SSSR count). The zero-order valence-corrected chi connectivity index (χ0v) is 17.3. The first-order chi connectivity index (χ1) is 13.0. The van der Waals surface area contributed by atoms with E-state index in [9.17, 15) is 0 Å². The van der Waals surface area contributed by atoms with E-state index in [1.807, 2.05) is 19.2 Å². The van der Waals surface area contributed by atoms with E-state index in [1.54, 1.807) is 0 Å². The van der Waals surface area contributed by atoms with Crippen LogP contribution >= 0.6 is 11.6 Å². The number of aliphatic imine (C=N–C) groups is 1. The standard InChI is InChI=1S/C21H31ClN4O/c1-21(2)18(15-10-12-27-19(15)21)25-20(23-3)24-14-7-6-11-26(13-14)17-9-5-4-8-16(17)22/h4-5,8-9,14-15,18-19H,6-7,10-13H2,1-3H3,(H2,23,24,25). The maximum atomic E-state index is 6.41. The van der Waals surface area contributed by atoms with Crippen molar-refractivity contribution in [2.24, 2.45) is 16.3 Å². The lowest BCUT2D eigenvalue weighted by atomic mass is 9.57. The number of guanidine groups is 1. The molecule has 0 spiro atoms. The van der Waals surface area contributed by atoms with Gasteiger partial charge in [-0.1, -0.05) is 37.6 Å². The monoisotopic (exact) mass is 390 g/mol. The van der Waals surface area contributed by atoms with Gasteiger partial charge in [0.25, 0.3) is 0 Å². The predicted octanol–water partition coefficient (Wildman–Crippen LogP) is 3.29. The molecular weight excluding hydrogens is 360 g/mol. The smallest absolute Gasteiger partial charge is 0.191 e. The summed E-state index contributed by atoms with van der Waals surface area (Å²) in [6, 6.07) is 8.89. The summed E-state index contributed by atoms with van der Waals surface area (Å²) in [7, 11) is 1.86. The van der Waals surface area contributed by atoms with Crippen LogP contribution in [-0.4, -0.2) is 50.9 Å². The van der Waals surface area contributed by atoms with E-state index in [4.69, 9.17) is 16.3 Å². The molecule has 1 aromatic rings. The number of hydrogen-bond donors (Lipinski definition) is 2. The van der Waals surface area contributed by atoms with Gasteiger partial charge in [-0.25, -0.2) is 0 Å². The second-order valence-corrected chi connectivity index (χ2v) is 9.05. The first-order valence-electron chi connectivity index (χ1n) is 10.1. The molecule has 2 heterocycles. The van der Waals surface area contributed by atoms with Gasteiger partial charge in [-0.05, 0) is 31.4 Å². The van der Waals surface area contributed by atoms with E-state index in [1.165, 1.54) is 0 Å².